The van der Waals surface area contributed by atoms with Gasteiger partial charge in [-0.3, -0.25) is 24.3 Å². The zero-order chi connectivity index (χ0) is 27.2. The van der Waals surface area contributed by atoms with E-state index in [1.807, 2.05) is 39.0 Å². The second-order valence-corrected chi connectivity index (χ2v) is 8.51. The van der Waals surface area contributed by atoms with Crippen LogP contribution in [0, 0.1) is 10.1 Å². The number of nitrogens with zero attached hydrogens (tertiary/aromatic N) is 4. The Bertz CT molecular complexity index is 1560. The van der Waals surface area contributed by atoms with Crippen LogP contribution in [0.1, 0.15) is 38.2 Å². The standard InChI is InChI=1S/C29H28N4O5/c1-4-31(27(34)19-16-21-14-17-22(18-15-21)33(36)37)20(3)28-30-24-11-7-6-10-23(24)29(35)32(28)25-12-8-9-13-26(25)38-5-2/h6-20H,4-5H2,1-3H3/b19-16+. The first kappa shape index (κ1) is 26.3. The van der Waals surface area contributed by atoms with Crippen LogP contribution in [0.4, 0.5) is 5.69 Å². The van der Waals surface area contributed by atoms with Crippen molar-refractivity contribution in [2.45, 2.75) is 26.8 Å². The molecular weight excluding hydrogens is 484 g/mol. The van der Waals surface area contributed by atoms with Gasteiger partial charge in [0.15, 0.2) is 0 Å². The summed E-state index contributed by atoms with van der Waals surface area (Å²) in [5, 5.41) is 11.4. The maximum absolute atomic E-state index is 13.8. The van der Waals surface area contributed by atoms with Crippen LogP contribution in [0.25, 0.3) is 22.7 Å². The van der Waals surface area contributed by atoms with E-state index in [1.165, 1.54) is 22.8 Å². The van der Waals surface area contributed by atoms with Gasteiger partial charge < -0.3 is 9.64 Å². The van der Waals surface area contributed by atoms with Crippen LogP contribution in [-0.4, -0.2) is 38.4 Å². The third-order valence-corrected chi connectivity index (χ3v) is 6.19. The molecule has 0 saturated heterocycles. The number of hydrogen-bond acceptors (Lipinski definition) is 6. The summed E-state index contributed by atoms with van der Waals surface area (Å²) in [4.78, 5) is 43.9. The number of benzene rings is 3. The predicted molar refractivity (Wildman–Crippen MR) is 146 cm³/mol. The smallest absolute Gasteiger partial charge is 0.269 e. The van der Waals surface area contributed by atoms with Gasteiger partial charge in [0.1, 0.15) is 11.6 Å². The van der Waals surface area contributed by atoms with Crippen LogP contribution >= 0.6 is 0 Å². The number of carbonyl (C=O) groups excluding carboxylic acids is 1. The minimum Gasteiger partial charge on any atom is -0.492 e. The maximum Gasteiger partial charge on any atom is 0.269 e. The van der Waals surface area contributed by atoms with E-state index in [9.17, 15) is 19.7 Å². The van der Waals surface area contributed by atoms with Crippen molar-refractivity contribution in [2.24, 2.45) is 0 Å². The van der Waals surface area contributed by atoms with Crippen molar-refractivity contribution in [3.05, 3.63) is 111 Å². The molecule has 1 atom stereocenters. The highest BCUT2D eigenvalue weighted by Gasteiger charge is 2.26. The number of nitro groups is 1. The number of fused-ring (bicyclic) bond motifs is 1. The molecule has 0 aliphatic rings. The van der Waals surface area contributed by atoms with Gasteiger partial charge in [0.2, 0.25) is 5.91 Å². The minimum atomic E-state index is -0.569. The zero-order valence-electron chi connectivity index (χ0n) is 21.4. The van der Waals surface area contributed by atoms with Crippen molar-refractivity contribution in [3.63, 3.8) is 0 Å². The van der Waals surface area contributed by atoms with Crippen molar-refractivity contribution >= 4 is 28.6 Å². The molecule has 1 unspecified atom stereocenters. The number of amides is 1. The van der Waals surface area contributed by atoms with Gasteiger partial charge in [-0.2, -0.15) is 0 Å². The first-order chi connectivity index (χ1) is 18.3. The molecule has 0 N–H and O–H groups in total. The highest BCUT2D eigenvalue weighted by Crippen LogP contribution is 2.28. The second-order valence-electron chi connectivity index (χ2n) is 8.51. The molecule has 194 valence electrons. The number of carbonyl (C=O) groups is 1. The Morgan fingerprint density at radius 2 is 1.76 bits per heavy atom. The molecule has 3 aromatic carbocycles. The summed E-state index contributed by atoms with van der Waals surface area (Å²) in [6.45, 7) is 6.34. The fourth-order valence-electron chi connectivity index (χ4n) is 4.31. The molecule has 0 radical (unpaired) electrons. The highest BCUT2D eigenvalue weighted by atomic mass is 16.6. The van der Waals surface area contributed by atoms with Crippen LogP contribution in [0.15, 0.2) is 83.7 Å². The van der Waals surface area contributed by atoms with E-state index in [0.717, 1.165) is 0 Å². The molecule has 0 fully saturated rings. The first-order valence-electron chi connectivity index (χ1n) is 12.3. The molecule has 4 aromatic rings. The van der Waals surface area contributed by atoms with E-state index in [0.29, 0.717) is 46.9 Å². The van der Waals surface area contributed by atoms with E-state index in [-0.39, 0.29) is 17.2 Å². The molecule has 9 nitrogen and oxygen atoms in total. The highest BCUT2D eigenvalue weighted by molar-refractivity contribution is 5.92. The Morgan fingerprint density at radius 1 is 1.08 bits per heavy atom. The van der Waals surface area contributed by atoms with E-state index < -0.39 is 11.0 Å². The van der Waals surface area contributed by atoms with Crippen LogP contribution in [0.3, 0.4) is 0 Å². The normalized spacial score (nSPS) is 12.0. The lowest BCUT2D eigenvalue weighted by molar-refractivity contribution is -0.384. The van der Waals surface area contributed by atoms with Gasteiger partial charge in [0, 0.05) is 24.8 Å². The average Bonchev–Trinajstić information content (AvgIpc) is 2.93. The predicted octanol–water partition coefficient (Wildman–Crippen LogP) is 5.32. The summed E-state index contributed by atoms with van der Waals surface area (Å²) >= 11 is 0. The molecule has 0 aliphatic carbocycles. The molecule has 9 heteroatoms. The van der Waals surface area contributed by atoms with Crippen LogP contribution in [0.5, 0.6) is 5.75 Å². The number of hydrogen-bond donors (Lipinski definition) is 0. The Morgan fingerprint density at radius 3 is 2.45 bits per heavy atom. The quantitative estimate of drug-likeness (QED) is 0.171. The van der Waals surface area contributed by atoms with Gasteiger partial charge in [-0.1, -0.05) is 24.3 Å². The van der Waals surface area contributed by atoms with Crippen molar-refractivity contribution in [1.29, 1.82) is 0 Å². The van der Waals surface area contributed by atoms with E-state index in [2.05, 4.69) is 0 Å². The molecule has 38 heavy (non-hydrogen) atoms. The molecule has 1 heterocycles. The first-order valence-corrected chi connectivity index (χ1v) is 12.3. The summed E-state index contributed by atoms with van der Waals surface area (Å²) in [5.74, 6) is 0.653. The number of likely N-dealkylation sites (N-methyl/N-ethyl adjacent to an activating group) is 1. The number of non-ortho nitro benzene ring substituents is 1. The summed E-state index contributed by atoms with van der Waals surface area (Å²) < 4.78 is 7.34. The Hall–Kier alpha value is -4.79. The fourth-order valence-corrected chi connectivity index (χ4v) is 4.31. The topological polar surface area (TPSA) is 108 Å². The summed E-state index contributed by atoms with van der Waals surface area (Å²) in [6.07, 6.45) is 3.02. The monoisotopic (exact) mass is 512 g/mol. The Kier molecular flexibility index (Phi) is 7.96. The minimum absolute atomic E-state index is 0.0232. The number of para-hydroxylation sites is 3. The average molecular weight is 513 g/mol. The zero-order valence-corrected chi connectivity index (χ0v) is 21.4. The van der Waals surface area contributed by atoms with Crippen molar-refractivity contribution < 1.29 is 14.5 Å². The number of ether oxygens (including phenoxy) is 1. The summed E-state index contributed by atoms with van der Waals surface area (Å²) in [6, 6.07) is 19.7. The lowest BCUT2D eigenvalue weighted by Gasteiger charge is -2.29. The largest absolute Gasteiger partial charge is 0.492 e. The number of rotatable bonds is 9. The Balaban J connectivity index is 1.77. The van der Waals surface area contributed by atoms with Gasteiger partial charge in [0.25, 0.3) is 11.2 Å². The van der Waals surface area contributed by atoms with Crippen LogP contribution in [0.2, 0.25) is 0 Å². The molecular formula is C29H28N4O5. The van der Waals surface area contributed by atoms with Gasteiger partial charge >= 0.3 is 0 Å². The third kappa shape index (κ3) is 5.31. The SMILES string of the molecule is CCOc1ccccc1-n1c(C(C)N(CC)C(=O)/C=C/c2ccc([N+](=O)[O-])cc2)nc2ccccc2c1=O. The lowest BCUT2D eigenvalue weighted by atomic mass is 10.1. The molecule has 0 spiro atoms. The number of aromatic nitrogens is 2. The van der Waals surface area contributed by atoms with Gasteiger partial charge in [-0.15, -0.1) is 0 Å². The third-order valence-electron chi connectivity index (χ3n) is 6.19. The second kappa shape index (κ2) is 11.5. The molecule has 0 aliphatic heterocycles. The summed E-state index contributed by atoms with van der Waals surface area (Å²) in [7, 11) is 0. The van der Waals surface area contributed by atoms with E-state index >= 15 is 0 Å². The van der Waals surface area contributed by atoms with Crippen molar-refractivity contribution in [2.75, 3.05) is 13.2 Å². The fraction of sp³-hybridized carbons (Fsp3) is 0.207. The molecule has 0 bridgehead atoms. The van der Waals surface area contributed by atoms with Crippen LogP contribution < -0.4 is 10.3 Å². The number of nitro benzene ring substituents is 1. The maximum atomic E-state index is 13.8. The molecule has 1 amide bonds. The van der Waals surface area contributed by atoms with Gasteiger partial charge in [0.05, 0.1) is 34.2 Å². The van der Waals surface area contributed by atoms with Gasteiger partial charge in [-0.25, -0.2) is 4.98 Å². The van der Waals surface area contributed by atoms with Gasteiger partial charge in [-0.05, 0) is 68.8 Å². The molecule has 1 aromatic heterocycles. The molecule has 4 rings (SSSR count). The van der Waals surface area contributed by atoms with E-state index in [1.54, 1.807) is 53.4 Å². The summed E-state index contributed by atoms with van der Waals surface area (Å²) in [5.41, 5.74) is 1.46. The van der Waals surface area contributed by atoms with E-state index in [4.69, 9.17) is 9.72 Å². The Labute approximate surface area is 219 Å². The van der Waals surface area contributed by atoms with Crippen molar-refractivity contribution in [3.8, 4) is 11.4 Å². The van der Waals surface area contributed by atoms with Crippen molar-refractivity contribution in [1.82, 2.24) is 14.5 Å². The molecule has 0 saturated carbocycles. The lowest BCUT2D eigenvalue weighted by Crippen LogP contribution is -2.36. The van der Waals surface area contributed by atoms with Crippen LogP contribution in [-0.2, 0) is 4.79 Å².